The summed E-state index contributed by atoms with van der Waals surface area (Å²) in [5, 5.41) is 8.61. The van der Waals surface area contributed by atoms with Gasteiger partial charge in [-0.05, 0) is 19.3 Å². The van der Waals surface area contributed by atoms with Gasteiger partial charge in [-0.15, -0.1) is 0 Å². The lowest BCUT2D eigenvalue weighted by molar-refractivity contribution is -0.138. The van der Waals surface area contributed by atoms with Gasteiger partial charge in [-0.3, -0.25) is 4.79 Å². The normalized spacial score (nSPS) is 26.3. The number of rotatable bonds is 2. The molecule has 0 aromatic heterocycles. The number of carbonyl (C=O) groups is 2. The second-order valence-corrected chi connectivity index (χ2v) is 3.67. The summed E-state index contributed by atoms with van der Waals surface area (Å²) < 4.78 is 4.60. The topological polar surface area (TPSA) is 66.8 Å². The molecule has 1 aliphatic heterocycles. The average Bonchev–Trinajstić information content (AvgIpc) is 2.44. The number of hydrogen-bond donors (Lipinski definition) is 1. The van der Waals surface area contributed by atoms with Gasteiger partial charge in [0, 0.05) is 19.0 Å². The summed E-state index contributed by atoms with van der Waals surface area (Å²) >= 11 is 0. The molecule has 1 rings (SSSR count). The standard InChI is InChI=1S/C9H15NO4/c1-6-3-7(4-8(11)12)5-10(6)9(13)14-2/h6-7H,3-5H2,1-2H3,(H,11,12). The van der Waals surface area contributed by atoms with Crippen LogP contribution in [-0.4, -0.2) is 41.8 Å². The van der Waals surface area contributed by atoms with Gasteiger partial charge in [-0.25, -0.2) is 4.79 Å². The molecule has 5 nitrogen and oxygen atoms in total. The van der Waals surface area contributed by atoms with Crippen molar-refractivity contribution in [2.24, 2.45) is 5.92 Å². The molecular weight excluding hydrogens is 186 g/mol. The Kier molecular flexibility index (Phi) is 3.33. The van der Waals surface area contributed by atoms with Crippen LogP contribution in [0.1, 0.15) is 19.8 Å². The van der Waals surface area contributed by atoms with E-state index in [1.54, 1.807) is 4.90 Å². The van der Waals surface area contributed by atoms with Crippen molar-refractivity contribution in [1.82, 2.24) is 4.90 Å². The van der Waals surface area contributed by atoms with E-state index in [4.69, 9.17) is 5.11 Å². The second kappa shape index (κ2) is 4.30. The van der Waals surface area contributed by atoms with Crippen LogP contribution in [0.5, 0.6) is 0 Å². The van der Waals surface area contributed by atoms with Crippen molar-refractivity contribution < 1.29 is 19.4 Å². The number of carboxylic acids is 1. The third-order valence-corrected chi connectivity index (χ3v) is 2.53. The van der Waals surface area contributed by atoms with Crippen molar-refractivity contribution in [2.45, 2.75) is 25.8 Å². The molecule has 0 aliphatic carbocycles. The quantitative estimate of drug-likeness (QED) is 0.722. The average molecular weight is 201 g/mol. The number of ether oxygens (including phenoxy) is 1. The Labute approximate surface area is 82.6 Å². The largest absolute Gasteiger partial charge is 0.481 e. The van der Waals surface area contributed by atoms with Crippen LogP contribution in [0.25, 0.3) is 0 Å². The van der Waals surface area contributed by atoms with E-state index in [0.717, 1.165) is 6.42 Å². The Morgan fingerprint density at radius 2 is 2.21 bits per heavy atom. The van der Waals surface area contributed by atoms with Crippen molar-refractivity contribution >= 4 is 12.1 Å². The maximum atomic E-state index is 11.2. The van der Waals surface area contributed by atoms with Gasteiger partial charge >= 0.3 is 12.1 Å². The van der Waals surface area contributed by atoms with Crippen LogP contribution in [0.2, 0.25) is 0 Å². The molecular formula is C9H15NO4. The van der Waals surface area contributed by atoms with Crippen molar-refractivity contribution in [3.8, 4) is 0 Å². The summed E-state index contributed by atoms with van der Waals surface area (Å²) in [6, 6.07) is 0.0757. The summed E-state index contributed by atoms with van der Waals surface area (Å²) in [7, 11) is 1.33. The minimum Gasteiger partial charge on any atom is -0.481 e. The monoisotopic (exact) mass is 201 g/mol. The molecule has 0 aromatic carbocycles. The molecule has 0 radical (unpaired) electrons. The number of nitrogens with zero attached hydrogens (tertiary/aromatic N) is 1. The first-order valence-electron chi connectivity index (χ1n) is 4.61. The van der Waals surface area contributed by atoms with Gasteiger partial charge in [0.15, 0.2) is 0 Å². The number of hydrogen-bond acceptors (Lipinski definition) is 3. The van der Waals surface area contributed by atoms with Gasteiger partial charge in [0.1, 0.15) is 0 Å². The summed E-state index contributed by atoms with van der Waals surface area (Å²) in [6.07, 6.45) is 0.490. The summed E-state index contributed by atoms with van der Waals surface area (Å²) in [6.45, 7) is 2.39. The fraction of sp³-hybridized carbons (Fsp3) is 0.778. The van der Waals surface area contributed by atoms with Gasteiger partial charge in [-0.1, -0.05) is 0 Å². The fourth-order valence-corrected chi connectivity index (χ4v) is 1.91. The molecule has 1 amide bonds. The van der Waals surface area contributed by atoms with E-state index in [2.05, 4.69) is 4.74 Å². The summed E-state index contributed by atoms with van der Waals surface area (Å²) in [4.78, 5) is 23.3. The van der Waals surface area contributed by atoms with E-state index in [1.807, 2.05) is 6.92 Å². The first kappa shape index (κ1) is 10.8. The molecule has 0 spiro atoms. The maximum Gasteiger partial charge on any atom is 0.409 e. The number of carbonyl (C=O) groups excluding carboxylic acids is 1. The van der Waals surface area contributed by atoms with Crippen LogP contribution < -0.4 is 0 Å². The summed E-state index contributed by atoms with van der Waals surface area (Å²) in [5.74, 6) is -0.754. The zero-order chi connectivity index (χ0) is 10.7. The number of aliphatic carboxylic acids is 1. The van der Waals surface area contributed by atoms with E-state index < -0.39 is 5.97 Å². The highest BCUT2D eigenvalue weighted by Gasteiger charge is 2.33. The molecule has 1 saturated heterocycles. The molecule has 14 heavy (non-hydrogen) atoms. The van der Waals surface area contributed by atoms with Gasteiger partial charge in [0.2, 0.25) is 0 Å². The highest BCUT2D eigenvalue weighted by atomic mass is 16.5. The van der Waals surface area contributed by atoms with Crippen molar-refractivity contribution in [3.63, 3.8) is 0 Å². The highest BCUT2D eigenvalue weighted by Crippen LogP contribution is 2.25. The van der Waals surface area contributed by atoms with Gasteiger partial charge in [0.05, 0.1) is 7.11 Å². The van der Waals surface area contributed by atoms with Gasteiger partial charge < -0.3 is 14.7 Å². The summed E-state index contributed by atoms with van der Waals surface area (Å²) in [5.41, 5.74) is 0. The Morgan fingerprint density at radius 3 is 2.71 bits per heavy atom. The van der Waals surface area contributed by atoms with Crippen LogP contribution in [0, 0.1) is 5.92 Å². The lowest BCUT2D eigenvalue weighted by Gasteiger charge is -2.19. The molecule has 1 heterocycles. The zero-order valence-corrected chi connectivity index (χ0v) is 8.40. The first-order valence-corrected chi connectivity index (χ1v) is 4.61. The molecule has 0 saturated carbocycles. The fourth-order valence-electron chi connectivity index (χ4n) is 1.91. The Morgan fingerprint density at radius 1 is 1.57 bits per heavy atom. The van der Waals surface area contributed by atoms with E-state index >= 15 is 0 Å². The van der Waals surface area contributed by atoms with Crippen LogP contribution in [0.3, 0.4) is 0 Å². The maximum absolute atomic E-state index is 11.2. The SMILES string of the molecule is COC(=O)N1CC(CC(=O)O)CC1C. The van der Waals surface area contributed by atoms with Crippen molar-refractivity contribution in [2.75, 3.05) is 13.7 Å². The molecule has 1 N–H and O–H groups in total. The number of amides is 1. The molecule has 0 bridgehead atoms. The van der Waals surface area contributed by atoms with E-state index in [1.165, 1.54) is 7.11 Å². The van der Waals surface area contributed by atoms with Crippen molar-refractivity contribution in [3.05, 3.63) is 0 Å². The molecule has 5 heteroatoms. The van der Waals surface area contributed by atoms with Gasteiger partial charge in [-0.2, -0.15) is 0 Å². The third kappa shape index (κ3) is 2.37. The molecule has 80 valence electrons. The zero-order valence-electron chi connectivity index (χ0n) is 8.40. The van der Waals surface area contributed by atoms with Crippen LogP contribution in [0.4, 0.5) is 4.79 Å². The molecule has 0 aromatic rings. The molecule has 1 fully saturated rings. The lowest BCUT2D eigenvalue weighted by Crippen LogP contribution is -2.33. The number of carboxylic acid groups (broad SMARTS) is 1. The Bertz CT molecular complexity index is 241. The lowest BCUT2D eigenvalue weighted by atomic mass is 10.0. The van der Waals surface area contributed by atoms with Gasteiger partial charge in [0.25, 0.3) is 0 Å². The van der Waals surface area contributed by atoms with Crippen LogP contribution in [-0.2, 0) is 9.53 Å². The second-order valence-electron chi connectivity index (χ2n) is 3.67. The number of methoxy groups -OCH3 is 1. The molecule has 2 atom stereocenters. The van der Waals surface area contributed by atoms with Crippen LogP contribution in [0.15, 0.2) is 0 Å². The first-order chi connectivity index (χ1) is 6.54. The third-order valence-electron chi connectivity index (χ3n) is 2.53. The van der Waals surface area contributed by atoms with E-state index in [-0.39, 0.29) is 24.5 Å². The van der Waals surface area contributed by atoms with E-state index in [0.29, 0.717) is 6.54 Å². The van der Waals surface area contributed by atoms with Crippen molar-refractivity contribution in [1.29, 1.82) is 0 Å². The smallest absolute Gasteiger partial charge is 0.409 e. The minimum absolute atomic E-state index is 0.0570. The highest BCUT2D eigenvalue weighted by molar-refractivity contribution is 5.69. The Hall–Kier alpha value is -1.26. The minimum atomic E-state index is -0.811. The van der Waals surface area contributed by atoms with Crippen LogP contribution >= 0.6 is 0 Å². The Balaban J connectivity index is 2.51. The number of likely N-dealkylation sites (tertiary alicyclic amines) is 1. The molecule has 1 aliphatic rings. The predicted octanol–water partition coefficient (Wildman–Crippen LogP) is 0.938. The molecule has 2 unspecified atom stereocenters. The van der Waals surface area contributed by atoms with E-state index in [9.17, 15) is 9.59 Å². The predicted molar refractivity (Wildman–Crippen MR) is 48.9 cm³/mol.